The number of aliphatic hydroxyl groups excluding tert-OH is 1. The number of rotatable bonds is 6. The second-order valence-corrected chi connectivity index (χ2v) is 4.84. The van der Waals surface area contributed by atoms with Crippen molar-refractivity contribution < 1.29 is 28.9 Å². The van der Waals surface area contributed by atoms with Crippen LogP contribution in [0.25, 0.3) is 0 Å². The van der Waals surface area contributed by atoms with E-state index in [0.717, 1.165) is 6.07 Å². The van der Waals surface area contributed by atoms with Gasteiger partial charge in [-0.05, 0) is 41.1 Å². The topological polar surface area (TPSA) is 95.9 Å². The predicted molar refractivity (Wildman–Crippen MR) is 70.8 cm³/mol. The molecule has 0 aliphatic heterocycles. The minimum absolute atomic E-state index is 0.241. The zero-order valence-electron chi connectivity index (χ0n) is 10.5. The van der Waals surface area contributed by atoms with Crippen LogP contribution in [0.1, 0.15) is 6.92 Å². The smallest absolute Gasteiger partial charge is 0.328 e. The third-order valence-electron chi connectivity index (χ3n) is 2.32. The number of aliphatic hydroxyl groups is 1. The van der Waals surface area contributed by atoms with Gasteiger partial charge in [0, 0.05) is 0 Å². The first-order chi connectivity index (χ1) is 9.31. The third-order valence-corrected chi connectivity index (χ3v) is 2.94. The van der Waals surface area contributed by atoms with Crippen LogP contribution in [0.3, 0.4) is 0 Å². The van der Waals surface area contributed by atoms with E-state index in [2.05, 4.69) is 21.2 Å². The monoisotopic (exact) mass is 349 g/mol. The van der Waals surface area contributed by atoms with Gasteiger partial charge in [0.05, 0.1) is 10.6 Å². The molecule has 1 amide bonds. The molecular weight excluding hydrogens is 337 g/mol. The van der Waals surface area contributed by atoms with Crippen LogP contribution in [0.15, 0.2) is 22.7 Å². The van der Waals surface area contributed by atoms with Gasteiger partial charge in [0.2, 0.25) is 0 Å². The van der Waals surface area contributed by atoms with Crippen molar-refractivity contribution in [2.75, 3.05) is 6.61 Å². The number of ether oxygens (including phenoxy) is 1. The van der Waals surface area contributed by atoms with Gasteiger partial charge in [-0.2, -0.15) is 0 Å². The molecule has 0 heterocycles. The first-order valence-electron chi connectivity index (χ1n) is 5.59. The van der Waals surface area contributed by atoms with E-state index in [9.17, 15) is 19.1 Å². The zero-order chi connectivity index (χ0) is 15.3. The van der Waals surface area contributed by atoms with Crippen molar-refractivity contribution >= 4 is 27.8 Å². The Morgan fingerprint density at radius 1 is 1.50 bits per heavy atom. The van der Waals surface area contributed by atoms with Gasteiger partial charge >= 0.3 is 5.97 Å². The molecule has 0 saturated carbocycles. The molecule has 0 fully saturated rings. The predicted octanol–water partition coefficient (Wildman–Crippen LogP) is 0.917. The lowest BCUT2D eigenvalue weighted by atomic mass is 10.2. The molecule has 110 valence electrons. The normalized spacial score (nSPS) is 13.4. The van der Waals surface area contributed by atoms with E-state index in [0.29, 0.717) is 4.47 Å². The molecule has 0 unspecified atom stereocenters. The van der Waals surface area contributed by atoms with E-state index < -0.39 is 36.4 Å². The minimum atomic E-state index is -1.41. The summed E-state index contributed by atoms with van der Waals surface area (Å²) in [6.07, 6.45) is -1.24. The van der Waals surface area contributed by atoms with Crippen molar-refractivity contribution in [1.29, 1.82) is 0 Å². The Balaban J connectivity index is 2.57. The van der Waals surface area contributed by atoms with Crippen LogP contribution in [-0.2, 0) is 9.59 Å². The van der Waals surface area contributed by atoms with Crippen molar-refractivity contribution in [2.45, 2.75) is 19.1 Å². The average molecular weight is 350 g/mol. The highest BCUT2D eigenvalue weighted by atomic mass is 79.9. The summed E-state index contributed by atoms with van der Waals surface area (Å²) in [6, 6.07) is 2.25. The maximum absolute atomic E-state index is 12.8. The number of benzene rings is 1. The van der Waals surface area contributed by atoms with Crippen molar-refractivity contribution in [1.82, 2.24) is 5.32 Å². The van der Waals surface area contributed by atoms with Crippen LogP contribution in [0, 0.1) is 5.82 Å². The molecule has 0 aliphatic rings. The van der Waals surface area contributed by atoms with Gasteiger partial charge in [0.25, 0.3) is 5.91 Å². The number of hydrogen-bond acceptors (Lipinski definition) is 4. The Labute approximate surface area is 122 Å². The minimum Gasteiger partial charge on any atom is -0.483 e. The van der Waals surface area contributed by atoms with E-state index >= 15 is 0 Å². The van der Waals surface area contributed by atoms with Crippen molar-refractivity contribution in [3.63, 3.8) is 0 Å². The van der Waals surface area contributed by atoms with Crippen LogP contribution in [0.5, 0.6) is 5.75 Å². The molecule has 0 radical (unpaired) electrons. The highest BCUT2D eigenvalue weighted by molar-refractivity contribution is 9.10. The largest absolute Gasteiger partial charge is 0.483 e. The summed E-state index contributed by atoms with van der Waals surface area (Å²) in [7, 11) is 0. The third kappa shape index (κ3) is 4.78. The van der Waals surface area contributed by atoms with Crippen LogP contribution in [0.2, 0.25) is 0 Å². The lowest BCUT2D eigenvalue weighted by Gasteiger charge is -2.17. The molecule has 1 aromatic rings. The van der Waals surface area contributed by atoms with E-state index in [1.807, 2.05) is 0 Å². The van der Waals surface area contributed by atoms with E-state index in [1.165, 1.54) is 19.1 Å². The number of carbonyl (C=O) groups excluding carboxylic acids is 1. The number of carboxylic acids is 1. The SMILES string of the molecule is C[C@@H](O)[C@H](NC(=O)COc1ccc(F)cc1Br)C(=O)O. The standard InChI is InChI=1S/C12H13BrFNO5/c1-6(16)11(12(18)19)15-10(17)5-20-9-3-2-7(14)4-8(9)13/h2-4,6,11,16H,5H2,1H3,(H,15,17)(H,18,19)/t6-,11+/m1/s1. The van der Waals surface area contributed by atoms with Gasteiger partial charge in [-0.3, -0.25) is 4.79 Å². The summed E-state index contributed by atoms with van der Waals surface area (Å²) in [5.41, 5.74) is 0. The Morgan fingerprint density at radius 3 is 2.65 bits per heavy atom. The molecule has 2 atom stereocenters. The Morgan fingerprint density at radius 2 is 2.15 bits per heavy atom. The molecule has 1 aromatic carbocycles. The van der Waals surface area contributed by atoms with Gasteiger partial charge < -0.3 is 20.3 Å². The van der Waals surface area contributed by atoms with Gasteiger partial charge in [-0.1, -0.05) is 0 Å². The highest BCUT2D eigenvalue weighted by Gasteiger charge is 2.25. The van der Waals surface area contributed by atoms with E-state index in [1.54, 1.807) is 0 Å². The molecule has 20 heavy (non-hydrogen) atoms. The molecule has 0 saturated heterocycles. The van der Waals surface area contributed by atoms with Gasteiger partial charge in [0.15, 0.2) is 12.6 Å². The number of carbonyl (C=O) groups is 2. The van der Waals surface area contributed by atoms with Gasteiger partial charge in [-0.25, -0.2) is 9.18 Å². The maximum Gasteiger partial charge on any atom is 0.328 e. The summed E-state index contributed by atoms with van der Waals surface area (Å²) < 4.78 is 18.3. The molecule has 6 nitrogen and oxygen atoms in total. The molecule has 0 aliphatic carbocycles. The molecule has 0 aromatic heterocycles. The fraction of sp³-hybridized carbons (Fsp3) is 0.333. The number of carboxylic acid groups (broad SMARTS) is 1. The highest BCUT2D eigenvalue weighted by Crippen LogP contribution is 2.25. The van der Waals surface area contributed by atoms with Crippen molar-refractivity contribution in [2.24, 2.45) is 0 Å². The molecule has 1 rings (SSSR count). The summed E-state index contributed by atoms with van der Waals surface area (Å²) in [5, 5.41) is 20.1. The maximum atomic E-state index is 12.8. The summed E-state index contributed by atoms with van der Waals surface area (Å²) in [5.74, 6) is -2.29. The summed E-state index contributed by atoms with van der Waals surface area (Å²) in [6.45, 7) is 0.789. The van der Waals surface area contributed by atoms with E-state index in [-0.39, 0.29) is 5.75 Å². The fourth-order valence-corrected chi connectivity index (χ4v) is 1.80. The Bertz CT molecular complexity index is 509. The molecule has 3 N–H and O–H groups in total. The zero-order valence-corrected chi connectivity index (χ0v) is 12.1. The Kier molecular flexibility index (Phi) is 5.90. The van der Waals surface area contributed by atoms with Crippen LogP contribution >= 0.6 is 15.9 Å². The van der Waals surface area contributed by atoms with Crippen molar-refractivity contribution in [3.05, 3.63) is 28.5 Å². The first-order valence-corrected chi connectivity index (χ1v) is 6.38. The number of aliphatic carboxylic acids is 1. The second-order valence-electron chi connectivity index (χ2n) is 3.99. The molecule has 0 bridgehead atoms. The lowest BCUT2D eigenvalue weighted by Crippen LogP contribution is -2.49. The van der Waals surface area contributed by atoms with Crippen molar-refractivity contribution in [3.8, 4) is 5.75 Å². The number of hydrogen-bond donors (Lipinski definition) is 3. The van der Waals surface area contributed by atoms with Crippen LogP contribution < -0.4 is 10.1 Å². The number of halogens is 2. The first kappa shape index (κ1) is 16.4. The van der Waals surface area contributed by atoms with Gasteiger partial charge in [0.1, 0.15) is 11.6 Å². The quantitative estimate of drug-likeness (QED) is 0.709. The average Bonchev–Trinajstić information content (AvgIpc) is 2.34. The Hall–Kier alpha value is -1.67. The summed E-state index contributed by atoms with van der Waals surface area (Å²) >= 11 is 3.06. The van der Waals surface area contributed by atoms with E-state index in [4.69, 9.17) is 9.84 Å². The fourth-order valence-electron chi connectivity index (χ4n) is 1.34. The summed E-state index contributed by atoms with van der Waals surface area (Å²) in [4.78, 5) is 22.3. The number of amides is 1. The van der Waals surface area contributed by atoms with Gasteiger partial charge in [-0.15, -0.1) is 0 Å². The van der Waals surface area contributed by atoms with Crippen LogP contribution in [-0.4, -0.2) is 40.8 Å². The molecular formula is C12H13BrFNO5. The molecule has 8 heteroatoms. The number of nitrogens with one attached hydrogen (secondary N) is 1. The second kappa shape index (κ2) is 7.20. The van der Waals surface area contributed by atoms with Crippen LogP contribution in [0.4, 0.5) is 4.39 Å². The molecule has 0 spiro atoms. The lowest BCUT2D eigenvalue weighted by molar-refractivity contribution is -0.145.